The van der Waals surface area contributed by atoms with Gasteiger partial charge >= 0.3 is 0 Å². The van der Waals surface area contributed by atoms with Crippen molar-refractivity contribution in [2.45, 2.75) is 19.4 Å². The minimum Gasteiger partial charge on any atom is -0.392 e. The van der Waals surface area contributed by atoms with E-state index in [1.165, 1.54) is 0 Å². The van der Waals surface area contributed by atoms with E-state index in [1.807, 2.05) is 0 Å². The summed E-state index contributed by atoms with van der Waals surface area (Å²) in [6.45, 7) is 0.425. The van der Waals surface area contributed by atoms with Gasteiger partial charge < -0.3 is 16.2 Å². The third-order valence-electron chi connectivity index (χ3n) is 3.12. The summed E-state index contributed by atoms with van der Waals surface area (Å²) in [6, 6.07) is 7.15. The Morgan fingerprint density at radius 1 is 1.38 bits per heavy atom. The van der Waals surface area contributed by atoms with E-state index < -0.39 is 0 Å². The van der Waals surface area contributed by atoms with E-state index >= 15 is 0 Å². The molecule has 16 heavy (non-hydrogen) atoms. The molecule has 86 valence electrons. The van der Waals surface area contributed by atoms with Crippen LogP contribution in [0.25, 0.3) is 0 Å². The second-order valence-corrected chi connectivity index (χ2v) is 4.29. The Hall–Kier alpha value is -1.39. The van der Waals surface area contributed by atoms with Gasteiger partial charge in [-0.15, -0.1) is 0 Å². The van der Waals surface area contributed by atoms with Crippen molar-refractivity contribution in [1.82, 2.24) is 0 Å². The monoisotopic (exact) mass is 220 g/mol. The number of amides is 1. The van der Waals surface area contributed by atoms with Crippen LogP contribution in [0.2, 0.25) is 0 Å². The highest BCUT2D eigenvalue weighted by Gasteiger charge is 2.48. The first-order chi connectivity index (χ1) is 7.70. The minimum atomic E-state index is -0.324. The molecular weight excluding hydrogens is 204 g/mol. The Morgan fingerprint density at radius 2 is 2.00 bits per heavy atom. The number of carbonyl (C=O) groups excluding carboxylic acids is 1. The van der Waals surface area contributed by atoms with Crippen LogP contribution >= 0.6 is 0 Å². The van der Waals surface area contributed by atoms with E-state index in [0.717, 1.165) is 24.1 Å². The standard InChI is InChI=1S/C12H16N2O2/c13-8-12(5-6-12)11(16)14-10-3-1-9(7-15)2-4-10/h1-4,15H,5-8,13H2,(H,14,16). The minimum absolute atomic E-state index is 0.00625. The zero-order valence-electron chi connectivity index (χ0n) is 9.07. The van der Waals surface area contributed by atoms with Gasteiger partial charge in [-0.3, -0.25) is 4.79 Å². The lowest BCUT2D eigenvalue weighted by molar-refractivity contribution is -0.120. The molecule has 0 radical (unpaired) electrons. The molecule has 1 aromatic carbocycles. The lowest BCUT2D eigenvalue weighted by atomic mass is 10.1. The van der Waals surface area contributed by atoms with Gasteiger partial charge in [0.1, 0.15) is 0 Å². The fraction of sp³-hybridized carbons (Fsp3) is 0.417. The number of carbonyl (C=O) groups is 1. The highest BCUT2D eigenvalue weighted by atomic mass is 16.3. The molecule has 0 spiro atoms. The Balaban J connectivity index is 2.01. The molecular formula is C12H16N2O2. The lowest BCUT2D eigenvalue weighted by Crippen LogP contribution is -2.30. The summed E-state index contributed by atoms with van der Waals surface area (Å²) in [5, 5.41) is 11.7. The SMILES string of the molecule is NCC1(C(=O)Nc2ccc(CO)cc2)CC1. The Morgan fingerprint density at radius 3 is 2.44 bits per heavy atom. The molecule has 4 nitrogen and oxygen atoms in total. The first-order valence-corrected chi connectivity index (χ1v) is 5.41. The largest absolute Gasteiger partial charge is 0.392 e. The first kappa shape index (κ1) is 11.1. The summed E-state index contributed by atoms with van der Waals surface area (Å²) < 4.78 is 0. The van der Waals surface area contributed by atoms with Crippen molar-refractivity contribution in [3.05, 3.63) is 29.8 Å². The number of hydrogen-bond acceptors (Lipinski definition) is 3. The third kappa shape index (κ3) is 2.08. The average molecular weight is 220 g/mol. The van der Waals surface area contributed by atoms with Crippen LogP contribution in [-0.2, 0) is 11.4 Å². The summed E-state index contributed by atoms with van der Waals surface area (Å²) in [5.74, 6) is 0.00625. The predicted molar refractivity (Wildman–Crippen MR) is 61.7 cm³/mol. The first-order valence-electron chi connectivity index (χ1n) is 5.41. The molecule has 1 aliphatic rings. The van der Waals surface area contributed by atoms with Crippen LogP contribution in [0.15, 0.2) is 24.3 Å². The number of benzene rings is 1. The van der Waals surface area contributed by atoms with E-state index in [1.54, 1.807) is 24.3 Å². The van der Waals surface area contributed by atoms with Gasteiger partial charge in [0.25, 0.3) is 0 Å². The number of nitrogens with two attached hydrogens (primary N) is 1. The molecule has 1 saturated carbocycles. The molecule has 0 unspecified atom stereocenters. The summed E-state index contributed by atoms with van der Waals surface area (Å²) in [5.41, 5.74) is 6.83. The molecule has 0 bridgehead atoms. The molecule has 0 atom stereocenters. The van der Waals surface area contributed by atoms with Gasteiger partial charge in [0.05, 0.1) is 12.0 Å². The molecule has 0 heterocycles. The molecule has 1 amide bonds. The quantitative estimate of drug-likeness (QED) is 0.704. The molecule has 0 aliphatic heterocycles. The molecule has 4 N–H and O–H groups in total. The van der Waals surface area contributed by atoms with Crippen LogP contribution < -0.4 is 11.1 Å². The summed E-state index contributed by atoms with van der Waals surface area (Å²) in [7, 11) is 0. The van der Waals surface area contributed by atoms with E-state index in [-0.39, 0.29) is 17.9 Å². The van der Waals surface area contributed by atoms with Gasteiger partial charge in [0.2, 0.25) is 5.91 Å². The van der Waals surface area contributed by atoms with Crippen LogP contribution in [-0.4, -0.2) is 17.6 Å². The Bertz CT molecular complexity index is 383. The van der Waals surface area contributed by atoms with Crippen LogP contribution in [0.1, 0.15) is 18.4 Å². The lowest BCUT2D eigenvalue weighted by Gasteiger charge is -2.12. The molecule has 1 aliphatic carbocycles. The van der Waals surface area contributed by atoms with E-state index in [9.17, 15) is 4.79 Å². The third-order valence-corrected chi connectivity index (χ3v) is 3.12. The van der Waals surface area contributed by atoms with Crippen molar-refractivity contribution in [3.8, 4) is 0 Å². The highest BCUT2D eigenvalue weighted by Crippen LogP contribution is 2.45. The highest BCUT2D eigenvalue weighted by molar-refractivity contribution is 5.97. The second-order valence-electron chi connectivity index (χ2n) is 4.29. The van der Waals surface area contributed by atoms with Gasteiger partial charge in [0, 0.05) is 12.2 Å². The predicted octanol–water partition coefficient (Wildman–Crippen LogP) is 0.856. The molecule has 0 aromatic heterocycles. The molecule has 1 aromatic rings. The number of anilines is 1. The number of rotatable bonds is 4. The summed E-state index contributed by atoms with van der Waals surface area (Å²) >= 11 is 0. The maximum absolute atomic E-state index is 11.8. The normalized spacial score (nSPS) is 16.9. The fourth-order valence-corrected chi connectivity index (χ4v) is 1.63. The molecule has 0 saturated heterocycles. The zero-order chi connectivity index (χ0) is 11.6. The second kappa shape index (κ2) is 4.23. The number of aliphatic hydroxyl groups excluding tert-OH is 1. The van der Waals surface area contributed by atoms with Gasteiger partial charge in [0.15, 0.2) is 0 Å². The molecule has 2 rings (SSSR count). The Kier molecular flexibility index (Phi) is 2.94. The van der Waals surface area contributed by atoms with Gasteiger partial charge in [-0.1, -0.05) is 12.1 Å². The Labute approximate surface area is 94.5 Å². The van der Waals surface area contributed by atoms with Crippen LogP contribution in [0.4, 0.5) is 5.69 Å². The van der Waals surface area contributed by atoms with Crippen LogP contribution in [0.5, 0.6) is 0 Å². The fourth-order valence-electron chi connectivity index (χ4n) is 1.63. The van der Waals surface area contributed by atoms with Crippen molar-refractivity contribution in [2.75, 3.05) is 11.9 Å². The van der Waals surface area contributed by atoms with Crippen molar-refractivity contribution in [2.24, 2.45) is 11.1 Å². The summed E-state index contributed by atoms with van der Waals surface area (Å²) in [4.78, 5) is 11.8. The van der Waals surface area contributed by atoms with Crippen molar-refractivity contribution < 1.29 is 9.90 Å². The molecule has 4 heteroatoms. The molecule has 1 fully saturated rings. The van der Waals surface area contributed by atoms with Crippen molar-refractivity contribution in [3.63, 3.8) is 0 Å². The smallest absolute Gasteiger partial charge is 0.231 e. The van der Waals surface area contributed by atoms with E-state index in [2.05, 4.69) is 5.32 Å². The van der Waals surface area contributed by atoms with Gasteiger partial charge in [-0.2, -0.15) is 0 Å². The van der Waals surface area contributed by atoms with Gasteiger partial charge in [-0.05, 0) is 30.5 Å². The number of hydrogen-bond donors (Lipinski definition) is 3. The van der Waals surface area contributed by atoms with Crippen molar-refractivity contribution >= 4 is 11.6 Å². The van der Waals surface area contributed by atoms with Crippen LogP contribution in [0.3, 0.4) is 0 Å². The maximum Gasteiger partial charge on any atom is 0.231 e. The average Bonchev–Trinajstić information content (AvgIpc) is 3.11. The van der Waals surface area contributed by atoms with Gasteiger partial charge in [-0.25, -0.2) is 0 Å². The van der Waals surface area contributed by atoms with E-state index in [0.29, 0.717) is 6.54 Å². The zero-order valence-corrected chi connectivity index (χ0v) is 9.07. The number of aliphatic hydroxyl groups is 1. The maximum atomic E-state index is 11.8. The number of nitrogens with one attached hydrogen (secondary N) is 1. The summed E-state index contributed by atoms with van der Waals surface area (Å²) in [6.07, 6.45) is 1.76. The van der Waals surface area contributed by atoms with Crippen molar-refractivity contribution in [1.29, 1.82) is 0 Å². The van der Waals surface area contributed by atoms with E-state index in [4.69, 9.17) is 10.8 Å². The topological polar surface area (TPSA) is 75.4 Å². The van der Waals surface area contributed by atoms with Crippen LogP contribution in [0, 0.1) is 5.41 Å².